The highest BCUT2D eigenvalue weighted by Crippen LogP contribution is 2.33. The third-order valence-corrected chi connectivity index (χ3v) is 6.71. The predicted octanol–water partition coefficient (Wildman–Crippen LogP) is 4.42. The quantitative estimate of drug-likeness (QED) is 0.766. The standard InChI is InChI=1S/C19H20Cl2N4O2S/c20-12-5-3-6-13(16(12)21)22-19-23-14(11-28-19)17(26)25-10-4-7-15(25)18(27)24-8-1-2-9-24/h3,5-6,11,15H,1-2,4,7-10H2,(H,22,23). The van der Waals surface area contributed by atoms with Gasteiger partial charge in [-0.2, -0.15) is 0 Å². The number of nitrogens with zero attached hydrogens (tertiary/aromatic N) is 3. The van der Waals surface area contributed by atoms with Crippen molar-refractivity contribution >= 4 is 57.2 Å². The maximum atomic E-state index is 13.0. The molecule has 1 aromatic heterocycles. The van der Waals surface area contributed by atoms with E-state index in [4.69, 9.17) is 23.2 Å². The second kappa shape index (κ2) is 8.27. The molecule has 0 spiro atoms. The highest BCUT2D eigenvalue weighted by Gasteiger charge is 2.38. The van der Waals surface area contributed by atoms with Crippen molar-refractivity contribution in [3.8, 4) is 0 Å². The van der Waals surface area contributed by atoms with Crippen LogP contribution in [0.1, 0.15) is 36.2 Å². The summed E-state index contributed by atoms with van der Waals surface area (Å²) in [5.74, 6) is -0.126. The van der Waals surface area contributed by atoms with Gasteiger partial charge in [0.15, 0.2) is 5.13 Å². The molecule has 1 aromatic carbocycles. The Morgan fingerprint density at radius 3 is 2.71 bits per heavy atom. The molecule has 1 atom stereocenters. The Hall–Kier alpha value is -1.83. The Labute approximate surface area is 177 Å². The number of benzene rings is 1. The molecular formula is C19H20Cl2N4O2S. The lowest BCUT2D eigenvalue weighted by atomic mass is 10.2. The van der Waals surface area contributed by atoms with Crippen LogP contribution >= 0.6 is 34.5 Å². The first-order chi connectivity index (χ1) is 13.5. The maximum Gasteiger partial charge on any atom is 0.274 e. The third kappa shape index (κ3) is 3.83. The van der Waals surface area contributed by atoms with Crippen molar-refractivity contribution in [2.75, 3.05) is 25.0 Å². The second-order valence-corrected chi connectivity index (χ2v) is 8.60. The van der Waals surface area contributed by atoms with E-state index >= 15 is 0 Å². The molecule has 28 heavy (non-hydrogen) atoms. The lowest BCUT2D eigenvalue weighted by molar-refractivity contribution is -0.134. The van der Waals surface area contributed by atoms with Gasteiger partial charge in [0.2, 0.25) is 5.91 Å². The number of halogens is 2. The van der Waals surface area contributed by atoms with Crippen molar-refractivity contribution in [3.05, 3.63) is 39.3 Å². The van der Waals surface area contributed by atoms with Gasteiger partial charge in [0.25, 0.3) is 5.91 Å². The molecule has 4 rings (SSSR count). The predicted molar refractivity (Wildman–Crippen MR) is 112 cm³/mol. The zero-order chi connectivity index (χ0) is 19.7. The minimum atomic E-state index is -0.369. The molecule has 3 heterocycles. The first-order valence-electron chi connectivity index (χ1n) is 9.31. The van der Waals surface area contributed by atoms with Crippen LogP contribution in [0.4, 0.5) is 10.8 Å². The van der Waals surface area contributed by atoms with E-state index in [1.807, 2.05) is 4.90 Å². The van der Waals surface area contributed by atoms with E-state index in [0.29, 0.717) is 39.5 Å². The zero-order valence-corrected chi connectivity index (χ0v) is 17.5. The van der Waals surface area contributed by atoms with E-state index in [-0.39, 0.29) is 17.9 Å². The van der Waals surface area contributed by atoms with Gasteiger partial charge in [0.05, 0.1) is 15.7 Å². The Balaban J connectivity index is 1.47. The summed E-state index contributed by atoms with van der Waals surface area (Å²) in [6, 6.07) is 4.92. The van der Waals surface area contributed by atoms with Gasteiger partial charge in [-0.15, -0.1) is 11.3 Å². The summed E-state index contributed by atoms with van der Waals surface area (Å²) in [5.41, 5.74) is 0.970. The minimum Gasteiger partial charge on any atom is -0.341 e. The molecule has 9 heteroatoms. The van der Waals surface area contributed by atoms with Crippen molar-refractivity contribution in [2.24, 2.45) is 0 Å². The molecule has 0 saturated carbocycles. The van der Waals surface area contributed by atoms with Gasteiger partial charge in [0.1, 0.15) is 11.7 Å². The molecule has 0 bridgehead atoms. The zero-order valence-electron chi connectivity index (χ0n) is 15.2. The van der Waals surface area contributed by atoms with E-state index in [1.165, 1.54) is 11.3 Å². The number of rotatable bonds is 4. The van der Waals surface area contributed by atoms with Crippen molar-refractivity contribution in [1.82, 2.24) is 14.8 Å². The summed E-state index contributed by atoms with van der Waals surface area (Å²) >= 11 is 13.5. The van der Waals surface area contributed by atoms with Crippen LogP contribution in [0.15, 0.2) is 23.6 Å². The second-order valence-electron chi connectivity index (χ2n) is 6.95. The maximum absolute atomic E-state index is 13.0. The van der Waals surface area contributed by atoms with Crippen molar-refractivity contribution in [3.63, 3.8) is 0 Å². The highest BCUT2D eigenvalue weighted by atomic mass is 35.5. The van der Waals surface area contributed by atoms with E-state index in [9.17, 15) is 9.59 Å². The Morgan fingerprint density at radius 2 is 1.93 bits per heavy atom. The fraction of sp³-hybridized carbons (Fsp3) is 0.421. The highest BCUT2D eigenvalue weighted by molar-refractivity contribution is 7.14. The molecule has 0 radical (unpaired) electrons. The van der Waals surface area contributed by atoms with Gasteiger partial charge < -0.3 is 15.1 Å². The van der Waals surface area contributed by atoms with Gasteiger partial charge >= 0.3 is 0 Å². The summed E-state index contributed by atoms with van der Waals surface area (Å²) < 4.78 is 0. The van der Waals surface area contributed by atoms with Crippen molar-refractivity contribution in [2.45, 2.75) is 31.7 Å². The van der Waals surface area contributed by atoms with Gasteiger partial charge in [-0.05, 0) is 37.8 Å². The van der Waals surface area contributed by atoms with Crippen LogP contribution in [0.2, 0.25) is 10.0 Å². The number of aromatic nitrogens is 1. The summed E-state index contributed by atoms with van der Waals surface area (Å²) in [7, 11) is 0. The van der Waals surface area contributed by atoms with Crippen molar-refractivity contribution < 1.29 is 9.59 Å². The Kier molecular flexibility index (Phi) is 5.75. The van der Waals surface area contributed by atoms with Gasteiger partial charge in [-0.3, -0.25) is 9.59 Å². The molecule has 2 saturated heterocycles. The topological polar surface area (TPSA) is 65.5 Å². The number of hydrogen-bond donors (Lipinski definition) is 1. The number of anilines is 2. The van der Waals surface area contributed by atoms with E-state index in [1.54, 1.807) is 28.5 Å². The number of amides is 2. The first-order valence-corrected chi connectivity index (χ1v) is 10.9. The third-order valence-electron chi connectivity index (χ3n) is 5.13. The molecule has 1 unspecified atom stereocenters. The van der Waals surface area contributed by atoms with E-state index in [0.717, 1.165) is 32.4 Å². The monoisotopic (exact) mass is 438 g/mol. The Bertz CT molecular complexity index is 898. The van der Waals surface area contributed by atoms with Crippen molar-refractivity contribution in [1.29, 1.82) is 0 Å². The van der Waals surface area contributed by atoms with Gasteiger partial charge in [-0.25, -0.2) is 4.98 Å². The molecular weight excluding hydrogens is 419 g/mol. The molecule has 2 aliphatic heterocycles. The molecule has 2 aromatic rings. The van der Waals surface area contributed by atoms with E-state index in [2.05, 4.69) is 10.3 Å². The molecule has 1 N–H and O–H groups in total. The number of nitrogens with one attached hydrogen (secondary N) is 1. The molecule has 2 fully saturated rings. The summed E-state index contributed by atoms with van der Waals surface area (Å²) in [6.07, 6.45) is 3.64. The van der Waals surface area contributed by atoms with Gasteiger partial charge in [0, 0.05) is 25.0 Å². The lowest BCUT2D eigenvalue weighted by Crippen LogP contribution is -2.47. The molecule has 0 aliphatic carbocycles. The number of likely N-dealkylation sites (tertiary alicyclic amines) is 2. The smallest absolute Gasteiger partial charge is 0.274 e. The van der Waals surface area contributed by atoms with Gasteiger partial charge in [-0.1, -0.05) is 29.3 Å². The SMILES string of the molecule is O=C(C1CCCN1C(=O)c1csc(Nc2cccc(Cl)c2Cl)n1)N1CCCC1. The van der Waals surface area contributed by atoms with Crippen LogP contribution < -0.4 is 5.32 Å². The summed E-state index contributed by atoms with van der Waals surface area (Å²) in [5, 5.41) is 6.21. The number of hydrogen-bond acceptors (Lipinski definition) is 5. The largest absolute Gasteiger partial charge is 0.341 e. The summed E-state index contributed by atoms with van der Waals surface area (Å²) in [6.45, 7) is 2.18. The van der Waals surface area contributed by atoms with Crippen LogP contribution in [0.3, 0.4) is 0 Å². The fourth-order valence-corrected chi connectivity index (χ4v) is 4.75. The Morgan fingerprint density at radius 1 is 1.14 bits per heavy atom. The molecule has 2 amide bonds. The molecule has 148 valence electrons. The van der Waals surface area contributed by atoms with Crippen LogP contribution in [-0.2, 0) is 4.79 Å². The van der Waals surface area contributed by atoms with Crippen LogP contribution in [0.25, 0.3) is 0 Å². The number of carbonyl (C=O) groups is 2. The number of carbonyl (C=O) groups excluding carboxylic acids is 2. The first kappa shape index (κ1) is 19.5. The summed E-state index contributed by atoms with van der Waals surface area (Å²) in [4.78, 5) is 33.7. The van der Waals surface area contributed by atoms with Crippen LogP contribution in [0, 0.1) is 0 Å². The molecule has 2 aliphatic rings. The fourth-order valence-electron chi connectivity index (χ4n) is 3.71. The lowest BCUT2D eigenvalue weighted by Gasteiger charge is -2.27. The normalized spacial score (nSPS) is 19.3. The van der Waals surface area contributed by atoms with Crippen LogP contribution in [0.5, 0.6) is 0 Å². The molecule has 6 nitrogen and oxygen atoms in total. The van der Waals surface area contributed by atoms with Crippen LogP contribution in [-0.4, -0.2) is 52.3 Å². The average molecular weight is 439 g/mol. The minimum absolute atomic E-state index is 0.0719. The average Bonchev–Trinajstić information content (AvgIpc) is 3.46. The van der Waals surface area contributed by atoms with E-state index < -0.39 is 0 Å². The number of thiazole rings is 1.